The molecule has 0 fully saturated rings. The molecule has 2 aromatic heterocycles. The van der Waals surface area contributed by atoms with Gasteiger partial charge in [-0.25, -0.2) is 4.98 Å². The van der Waals surface area contributed by atoms with Gasteiger partial charge in [-0.3, -0.25) is 4.79 Å². The summed E-state index contributed by atoms with van der Waals surface area (Å²) in [7, 11) is 0. The second-order valence-electron chi connectivity index (χ2n) is 6.22. The van der Waals surface area contributed by atoms with Gasteiger partial charge >= 0.3 is 0 Å². The number of amides is 1. The summed E-state index contributed by atoms with van der Waals surface area (Å²) in [6.45, 7) is 0. The Morgan fingerprint density at radius 3 is 2.82 bits per heavy atom. The molecule has 0 bridgehead atoms. The highest BCUT2D eigenvalue weighted by Gasteiger charge is 2.21. The molecule has 28 heavy (non-hydrogen) atoms. The van der Waals surface area contributed by atoms with Crippen LogP contribution >= 0.6 is 11.8 Å². The number of aromatic amines is 1. The Bertz CT molecular complexity index is 1040. The SMILES string of the molecule is CSCC[C@H](NC(=O)c1ccccc1-n1cnnn1)c1nc2ccccc2[nH]1. The van der Waals surface area contributed by atoms with Gasteiger partial charge in [-0.1, -0.05) is 24.3 Å². The van der Waals surface area contributed by atoms with Crippen molar-refractivity contribution in [2.45, 2.75) is 12.5 Å². The average Bonchev–Trinajstić information content (AvgIpc) is 3.40. The zero-order valence-corrected chi connectivity index (χ0v) is 16.1. The molecule has 142 valence electrons. The summed E-state index contributed by atoms with van der Waals surface area (Å²) in [6.07, 6.45) is 4.28. The number of nitrogens with zero attached hydrogens (tertiary/aromatic N) is 5. The zero-order valence-electron chi connectivity index (χ0n) is 15.2. The van der Waals surface area contributed by atoms with E-state index in [1.54, 1.807) is 17.8 Å². The van der Waals surface area contributed by atoms with Crippen molar-refractivity contribution in [1.29, 1.82) is 0 Å². The van der Waals surface area contributed by atoms with Gasteiger partial charge in [-0.2, -0.15) is 16.4 Å². The lowest BCUT2D eigenvalue weighted by Crippen LogP contribution is -2.30. The Hall–Kier alpha value is -3.20. The van der Waals surface area contributed by atoms with E-state index in [9.17, 15) is 4.79 Å². The third kappa shape index (κ3) is 3.74. The normalized spacial score (nSPS) is 12.2. The van der Waals surface area contributed by atoms with Gasteiger partial charge in [-0.15, -0.1) is 5.10 Å². The molecule has 9 heteroatoms. The molecule has 2 N–H and O–H groups in total. The molecule has 2 aromatic carbocycles. The number of hydrogen-bond donors (Lipinski definition) is 2. The first-order valence-corrected chi connectivity index (χ1v) is 10.2. The fraction of sp³-hybridized carbons (Fsp3) is 0.211. The lowest BCUT2D eigenvalue weighted by atomic mass is 10.1. The Balaban J connectivity index is 1.63. The van der Waals surface area contributed by atoms with Crippen molar-refractivity contribution in [3.8, 4) is 5.69 Å². The molecule has 0 aliphatic rings. The Kier molecular flexibility index (Phi) is 5.34. The summed E-state index contributed by atoms with van der Waals surface area (Å²) in [5.74, 6) is 1.46. The van der Waals surface area contributed by atoms with Crippen LogP contribution in [0.4, 0.5) is 0 Å². The van der Waals surface area contributed by atoms with Gasteiger partial charge in [0.15, 0.2) is 0 Å². The number of H-pyrrole nitrogens is 1. The number of benzene rings is 2. The molecule has 8 nitrogen and oxygen atoms in total. The van der Waals surface area contributed by atoms with Crippen LogP contribution in [-0.2, 0) is 0 Å². The van der Waals surface area contributed by atoms with Crippen LogP contribution in [0.15, 0.2) is 54.9 Å². The Morgan fingerprint density at radius 2 is 2.04 bits per heavy atom. The number of tetrazole rings is 1. The fourth-order valence-corrected chi connectivity index (χ4v) is 3.50. The molecule has 0 aliphatic carbocycles. The second-order valence-corrected chi connectivity index (χ2v) is 7.20. The Labute approximate surface area is 165 Å². The van der Waals surface area contributed by atoms with E-state index < -0.39 is 0 Å². The van der Waals surface area contributed by atoms with Crippen LogP contribution < -0.4 is 5.32 Å². The third-order valence-corrected chi connectivity index (χ3v) is 5.04. The van der Waals surface area contributed by atoms with Gasteiger partial charge in [0.1, 0.15) is 12.2 Å². The number of thioether (sulfide) groups is 1. The van der Waals surface area contributed by atoms with E-state index in [-0.39, 0.29) is 11.9 Å². The summed E-state index contributed by atoms with van der Waals surface area (Å²) >= 11 is 1.73. The number of nitrogens with one attached hydrogen (secondary N) is 2. The molecule has 0 saturated carbocycles. The van der Waals surface area contributed by atoms with Crippen molar-refractivity contribution in [1.82, 2.24) is 35.5 Å². The first-order valence-electron chi connectivity index (χ1n) is 8.83. The van der Waals surface area contributed by atoms with E-state index in [1.165, 1.54) is 11.0 Å². The molecular weight excluding hydrogens is 374 g/mol. The van der Waals surface area contributed by atoms with Gasteiger partial charge in [-0.05, 0) is 53.1 Å². The molecular formula is C19H19N7OS. The van der Waals surface area contributed by atoms with Gasteiger partial charge in [0.25, 0.3) is 5.91 Å². The zero-order chi connectivity index (χ0) is 19.3. The number of fused-ring (bicyclic) bond motifs is 1. The Morgan fingerprint density at radius 1 is 1.21 bits per heavy atom. The number of carbonyl (C=O) groups is 1. The van der Waals surface area contributed by atoms with Gasteiger partial charge in [0, 0.05) is 0 Å². The molecule has 0 saturated heterocycles. The molecule has 2 heterocycles. The van der Waals surface area contributed by atoms with Crippen molar-refractivity contribution in [3.05, 3.63) is 66.2 Å². The van der Waals surface area contributed by atoms with E-state index >= 15 is 0 Å². The standard InChI is InChI=1S/C19H19N7OS/c1-28-11-10-16(18-21-14-7-3-4-8-15(14)22-18)23-19(27)13-6-2-5-9-17(13)26-12-20-24-25-26/h2-9,12,16H,10-11H2,1H3,(H,21,22)(H,23,27)/t16-/m0/s1. The van der Waals surface area contributed by atoms with Gasteiger partial charge < -0.3 is 10.3 Å². The summed E-state index contributed by atoms with van der Waals surface area (Å²) in [6, 6.07) is 14.9. The molecule has 0 radical (unpaired) electrons. The number of hydrogen-bond acceptors (Lipinski definition) is 6. The van der Waals surface area contributed by atoms with Crippen molar-refractivity contribution in [2.75, 3.05) is 12.0 Å². The quantitative estimate of drug-likeness (QED) is 0.501. The van der Waals surface area contributed by atoms with Crippen LogP contribution in [0.5, 0.6) is 0 Å². The van der Waals surface area contributed by atoms with Crippen molar-refractivity contribution >= 4 is 28.7 Å². The van der Waals surface area contributed by atoms with Crippen LogP contribution in [0, 0.1) is 0 Å². The maximum absolute atomic E-state index is 13.1. The maximum Gasteiger partial charge on any atom is 0.254 e. The van der Waals surface area contributed by atoms with E-state index in [1.807, 2.05) is 48.7 Å². The number of carbonyl (C=O) groups excluding carboxylic acids is 1. The minimum atomic E-state index is -0.228. The van der Waals surface area contributed by atoms with Crippen LogP contribution in [0.1, 0.15) is 28.6 Å². The second kappa shape index (κ2) is 8.22. The summed E-state index contributed by atoms with van der Waals surface area (Å²) in [5.41, 5.74) is 2.96. The summed E-state index contributed by atoms with van der Waals surface area (Å²) in [5, 5.41) is 14.3. The number of rotatable bonds is 7. The van der Waals surface area contributed by atoms with Crippen LogP contribution in [0.3, 0.4) is 0 Å². The lowest BCUT2D eigenvalue weighted by molar-refractivity contribution is 0.0934. The average molecular weight is 393 g/mol. The highest BCUT2D eigenvalue weighted by atomic mass is 32.2. The van der Waals surface area contributed by atoms with E-state index in [0.717, 1.165) is 29.0 Å². The van der Waals surface area contributed by atoms with E-state index in [2.05, 4.69) is 30.8 Å². The number of imidazole rings is 1. The highest BCUT2D eigenvalue weighted by Crippen LogP contribution is 2.21. The predicted molar refractivity (Wildman–Crippen MR) is 108 cm³/mol. The maximum atomic E-state index is 13.1. The van der Waals surface area contributed by atoms with Crippen molar-refractivity contribution in [3.63, 3.8) is 0 Å². The fourth-order valence-electron chi connectivity index (χ4n) is 3.02. The molecule has 0 aliphatic heterocycles. The minimum Gasteiger partial charge on any atom is -0.342 e. The highest BCUT2D eigenvalue weighted by molar-refractivity contribution is 7.98. The van der Waals surface area contributed by atoms with Crippen molar-refractivity contribution < 1.29 is 4.79 Å². The van der Waals surface area contributed by atoms with E-state index in [0.29, 0.717) is 11.3 Å². The smallest absolute Gasteiger partial charge is 0.254 e. The summed E-state index contributed by atoms with van der Waals surface area (Å²) in [4.78, 5) is 21.1. The lowest BCUT2D eigenvalue weighted by Gasteiger charge is -2.17. The largest absolute Gasteiger partial charge is 0.342 e. The van der Waals surface area contributed by atoms with Crippen LogP contribution in [0.2, 0.25) is 0 Å². The van der Waals surface area contributed by atoms with Gasteiger partial charge in [0.2, 0.25) is 0 Å². The number of para-hydroxylation sites is 3. The topological polar surface area (TPSA) is 101 Å². The predicted octanol–water partition coefficient (Wildman–Crippen LogP) is 2.76. The van der Waals surface area contributed by atoms with Crippen molar-refractivity contribution in [2.24, 2.45) is 0 Å². The minimum absolute atomic E-state index is 0.197. The van der Waals surface area contributed by atoms with Crippen LogP contribution in [-0.4, -0.2) is 48.1 Å². The molecule has 4 aromatic rings. The molecule has 4 rings (SSSR count). The molecule has 0 unspecified atom stereocenters. The first-order chi connectivity index (χ1) is 13.8. The molecule has 1 atom stereocenters. The summed E-state index contributed by atoms with van der Waals surface area (Å²) < 4.78 is 1.48. The first kappa shape index (κ1) is 18.2. The van der Waals surface area contributed by atoms with Crippen LogP contribution in [0.25, 0.3) is 16.7 Å². The van der Waals surface area contributed by atoms with E-state index in [4.69, 9.17) is 0 Å². The number of aromatic nitrogens is 6. The third-order valence-electron chi connectivity index (χ3n) is 4.40. The molecule has 0 spiro atoms. The molecule has 1 amide bonds. The monoisotopic (exact) mass is 393 g/mol. The van der Waals surface area contributed by atoms with Gasteiger partial charge in [0.05, 0.1) is 28.3 Å².